The molecule has 0 saturated carbocycles. The molecule has 0 bridgehead atoms. The Hall–Kier alpha value is -2.14. The molecule has 1 unspecified atom stereocenters. The molecule has 2 N–H and O–H groups in total. The molecule has 1 aromatic heterocycles. The quantitative estimate of drug-likeness (QED) is 0.823. The molecule has 2 rings (SSSR count). The van der Waals surface area contributed by atoms with Gasteiger partial charge in [0.1, 0.15) is 12.4 Å². The molecule has 0 amide bonds. The number of rotatable bonds is 5. The summed E-state index contributed by atoms with van der Waals surface area (Å²) in [5.41, 5.74) is 0.617. The largest absolute Gasteiger partial charge is 0.479 e. The molecule has 0 aliphatic rings. The topological polar surface area (TPSA) is 75.2 Å². The van der Waals surface area contributed by atoms with Crippen molar-refractivity contribution < 1.29 is 14.6 Å². The van der Waals surface area contributed by atoms with Crippen LogP contribution in [0.5, 0.6) is 0 Å². The van der Waals surface area contributed by atoms with Crippen LogP contribution in [0.15, 0.2) is 42.7 Å². The molecule has 0 aliphatic heterocycles. The van der Waals surface area contributed by atoms with Crippen molar-refractivity contribution in [2.75, 3.05) is 0 Å². The Morgan fingerprint density at radius 1 is 1.41 bits per heavy atom. The zero-order valence-electron chi connectivity index (χ0n) is 9.04. The first-order valence-corrected chi connectivity index (χ1v) is 5.15. The zero-order chi connectivity index (χ0) is 12.1. The van der Waals surface area contributed by atoms with Gasteiger partial charge in [-0.15, -0.1) is 0 Å². The van der Waals surface area contributed by atoms with Gasteiger partial charge < -0.3 is 14.8 Å². The summed E-state index contributed by atoms with van der Waals surface area (Å²) < 4.78 is 5.34. The molecule has 5 nitrogen and oxygen atoms in total. The number of carbonyl (C=O) groups is 1. The van der Waals surface area contributed by atoms with E-state index in [1.807, 2.05) is 6.07 Å². The first-order chi connectivity index (χ1) is 8.27. The standard InChI is InChI=1S/C12H12N2O3/c15-12(16)11(9-4-2-1-3-5-9)17-8-10-13-6-7-14-10/h1-7,11H,8H2,(H,13,14)(H,15,16). The van der Waals surface area contributed by atoms with Gasteiger partial charge in [-0.2, -0.15) is 0 Å². The number of aromatic amines is 1. The van der Waals surface area contributed by atoms with Crippen molar-refractivity contribution >= 4 is 5.97 Å². The Bertz CT molecular complexity index is 468. The van der Waals surface area contributed by atoms with Crippen molar-refractivity contribution in [1.82, 2.24) is 9.97 Å². The lowest BCUT2D eigenvalue weighted by atomic mass is 10.1. The number of carboxylic acid groups (broad SMARTS) is 1. The maximum atomic E-state index is 11.1. The predicted molar refractivity (Wildman–Crippen MR) is 60.2 cm³/mol. The fourth-order valence-corrected chi connectivity index (χ4v) is 1.48. The third-order valence-electron chi connectivity index (χ3n) is 2.27. The number of imidazole rings is 1. The fraction of sp³-hybridized carbons (Fsp3) is 0.167. The lowest BCUT2D eigenvalue weighted by Gasteiger charge is -2.12. The van der Waals surface area contributed by atoms with Gasteiger partial charge in [0.05, 0.1) is 0 Å². The highest BCUT2D eigenvalue weighted by Crippen LogP contribution is 2.18. The Labute approximate surface area is 98.1 Å². The van der Waals surface area contributed by atoms with Crippen LogP contribution in [0.4, 0.5) is 0 Å². The monoisotopic (exact) mass is 232 g/mol. The molecular formula is C12H12N2O3. The number of benzene rings is 1. The second-order valence-electron chi connectivity index (χ2n) is 3.48. The highest BCUT2D eigenvalue weighted by atomic mass is 16.5. The summed E-state index contributed by atoms with van der Waals surface area (Å²) in [6.45, 7) is 0.138. The van der Waals surface area contributed by atoms with Crippen molar-refractivity contribution in [3.05, 3.63) is 54.1 Å². The number of nitrogens with one attached hydrogen (secondary N) is 1. The number of H-pyrrole nitrogens is 1. The van der Waals surface area contributed by atoms with E-state index >= 15 is 0 Å². The zero-order valence-corrected chi connectivity index (χ0v) is 9.04. The summed E-state index contributed by atoms with van der Waals surface area (Å²) in [4.78, 5) is 17.9. The molecule has 88 valence electrons. The van der Waals surface area contributed by atoms with Crippen molar-refractivity contribution in [2.45, 2.75) is 12.7 Å². The SMILES string of the molecule is O=C(O)C(OCc1ncc[nH]1)c1ccccc1. The Kier molecular flexibility index (Phi) is 3.52. The third kappa shape index (κ3) is 2.92. The van der Waals surface area contributed by atoms with Gasteiger partial charge in [-0.1, -0.05) is 30.3 Å². The van der Waals surface area contributed by atoms with Crippen LogP contribution >= 0.6 is 0 Å². The Morgan fingerprint density at radius 3 is 2.76 bits per heavy atom. The van der Waals surface area contributed by atoms with E-state index in [1.165, 1.54) is 0 Å². The lowest BCUT2D eigenvalue weighted by Crippen LogP contribution is -2.15. The minimum atomic E-state index is -1.01. The van der Waals surface area contributed by atoms with Crippen LogP contribution in [0.1, 0.15) is 17.5 Å². The summed E-state index contributed by atoms with van der Waals surface area (Å²) in [5.74, 6) is -0.407. The van der Waals surface area contributed by atoms with Gasteiger partial charge in [0.15, 0.2) is 6.10 Å². The van der Waals surface area contributed by atoms with E-state index in [0.29, 0.717) is 11.4 Å². The molecule has 1 heterocycles. The summed E-state index contributed by atoms with van der Waals surface area (Å²) >= 11 is 0. The lowest BCUT2D eigenvalue weighted by molar-refractivity contribution is -0.152. The maximum absolute atomic E-state index is 11.1. The summed E-state index contributed by atoms with van der Waals surface area (Å²) in [5, 5.41) is 9.10. The summed E-state index contributed by atoms with van der Waals surface area (Å²) in [6, 6.07) is 8.83. The van der Waals surface area contributed by atoms with Gasteiger partial charge in [-0.25, -0.2) is 9.78 Å². The number of hydrogen-bond acceptors (Lipinski definition) is 3. The Morgan fingerprint density at radius 2 is 2.18 bits per heavy atom. The fourth-order valence-electron chi connectivity index (χ4n) is 1.48. The normalized spacial score (nSPS) is 12.2. The smallest absolute Gasteiger partial charge is 0.337 e. The van der Waals surface area contributed by atoms with E-state index in [1.54, 1.807) is 36.7 Å². The molecule has 2 aromatic rings. The number of ether oxygens (including phenoxy) is 1. The number of aliphatic carboxylic acids is 1. The molecule has 0 radical (unpaired) electrons. The minimum Gasteiger partial charge on any atom is -0.479 e. The van der Waals surface area contributed by atoms with E-state index < -0.39 is 12.1 Å². The van der Waals surface area contributed by atoms with Gasteiger partial charge in [0, 0.05) is 12.4 Å². The highest BCUT2D eigenvalue weighted by molar-refractivity contribution is 5.74. The molecular weight excluding hydrogens is 220 g/mol. The maximum Gasteiger partial charge on any atom is 0.337 e. The van der Waals surface area contributed by atoms with E-state index in [9.17, 15) is 4.79 Å². The number of hydrogen-bond donors (Lipinski definition) is 2. The van der Waals surface area contributed by atoms with Crippen LogP contribution in [0.25, 0.3) is 0 Å². The van der Waals surface area contributed by atoms with Crippen molar-refractivity contribution in [1.29, 1.82) is 0 Å². The van der Waals surface area contributed by atoms with Crippen molar-refractivity contribution in [3.8, 4) is 0 Å². The molecule has 0 fully saturated rings. The molecule has 0 spiro atoms. The first kappa shape index (κ1) is 11.3. The first-order valence-electron chi connectivity index (χ1n) is 5.15. The minimum absolute atomic E-state index is 0.138. The second kappa shape index (κ2) is 5.27. The molecule has 17 heavy (non-hydrogen) atoms. The van der Waals surface area contributed by atoms with Crippen LogP contribution in [-0.2, 0) is 16.1 Å². The van der Waals surface area contributed by atoms with E-state index in [2.05, 4.69) is 9.97 Å². The second-order valence-corrected chi connectivity index (χ2v) is 3.48. The van der Waals surface area contributed by atoms with Crippen LogP contribution in [0.2, 0.25) is 0 Å². The average molecular weight is 232 g/mol. The van der Waals surface area contributed by atoms with Crippen LogP contribution in [0, 0.1) is 0 Å². The van der Waals surface area contributed by atoms with Gasteiger partial charge in [0.2, 0.25) is 0 Å². The predicted octanol–water partition coefficient (Wildman–Crippen LogP) is 1.75. The van der Waals surface area contributed by atoms with Crippen LogP contribution < -0.4 is 0 Å². The van der Waals surface area contributed by atoms with Gasteiger partial charge in [-0.05, 0) is 5.56 Å². The average Bonchev–Trinajstić information content (AvgIpc) is 2.83. The summed E-state index contributed by atoms with van der Waals surface area (Å²) in [7, 11) is 0. The summed E-state index contributed by atoms with van der Waals surface area (Å²) in [6.07, 6.45) is 2.29. The highest BCUT2D eigenvalue weighted by Gasteiger charge is 2.20. The van der Waals surface area contributed by atoms with Gasteiger partial charge >= 0.3 is 5.97 Å². The number of nitrogens with zero attached hydrogens (tertiary/aromatic N) is 1. The van der Waals surface area contributed by atoms with E-state index in [-0.39, 0.29) is 6.61 Å². The van der Waals surface area contributed by atoms with E-state index in [0.717, 1.165) is 0 Å². The number of aromatic nitrogens is 2. The third-order valence-corrected chi connectivity index (χ3v) is 2.27. The number of carboxylic acids is 1. The molecule has 5 heteroatoms. The Balaban J connectivity index is 2.06. The molecule has 1 aromatic carbocycles. The van der Waals surface area contributed by atoms with Crippen LogP contribution in [0.3, 0.4) is 0 Å². The molecule has 1 atom stereocenters. The van der Waals surface area contributed by atoms with Crippen molar-refractivity contribution in [2.24, 2.45) is 0 Å². The van der Waals surface area contributed by atoms with Crippen LogP contribution in [-0.4, -0.2) is 21.0 Å². The van der Waals surface area contributed by atoms with Crippen molar-refractivity contribution in [3.63, 3.8) is 0 Å². The van der Waals surface area contributed by atoms with Gasteiger partial charge in [0.25, 0.3) is 0 Å². The van der Waals surface area contributed by atoms with E-state index in [4.69, 9.17) is 9.84 Å². The molecule has 0 saturated heterocycles. The molecule has 0 aliphatic carbocycles. The van der Waals surface area contributed by atoms with Gasteiger partial charge in [-0.3, -0.25) is 0 Å².